The monoisotopic (exact) mass is 229 g/mol. The van der Waals surface area contributed by atoms with Gasteiger partial charge in [-0.3, -0.25) is 4.79 Å². The zero-order valence-electron chi connectivity index (χ0n) is 8.47. The van der Waals surface area contributed by atoms with Gasteiger partial charge in [0.1, 0.15) is 5.82 Å². The molecule has 2 nitrogen and oxygen atoms in total. The van der Waals surface area contributed by atoms with Gasteiger partial charge in [0.2, 0.25) is 0 Å². The van der Waals surface area contributed by atoms with Crippen molar-refractivity contribution in [1.82, 2.24) is 5.32 Å². The first kappa shape index (κ1) is 12.0. The second-order valence-corrected chi connectivity index (χ2v) is 3.71. The molecule has 1 N–H and O–H groups in total. The van der Waals surface area contributed by atoms with Gasteiger partial charge in [0, 0.05) is 11.9 Å². The second kappa shape index (κ2) is 5.71. The number of carbonyl (C=O) groups excluding carboxylic acids is 1. The van der Waals surface area contributed by atoms with Gasteiger partial charge in [-0.25, -0.2) is 4.39 Å². The largest absolute Gasteiger partial charge is 0.349 e. The summed E-state index contributed by atoms with van der Waals surface area (Å²) in [6.45, 7) is 1.83. The van der Waals surface area contributed by atoms with Gasteiger partial charge in [-0.1, -0.05) is 12.1 Å². The topological polar surface area (TPSA) is 29.1 Å². The van der Waals surface area contributed by atoms with Crippen LogP contribution in [-0.4, -0.2) is 17.8 Å². The number of amides is 1. The molecule has 0 aromatic heterocycles. The summed E-state index contributed by atoms with van der Waals surface area (Å²) in [5.41, 5.74) is 0.0684. The molecule has 0 aliphatic rings. The average molecular weight is 230 g/mol. The summed E-state index contributed by atoms with van der Waals surface area (Å²) in [6, 6.07) is 5.85. The Hall–Kier alpha value is -1.09. The summed E-state index contributed by atoms with van der Waals surface area (Å²) in [6.07, 6.45) is 0.668. The average Bonchev–Trinajstić information content (AvgIpc) is 2.18. The molecule has 1 atom stereocenters. The number of benzene rings is 1. The van der Waals surface area contributed by atoms with Gasteiger partial charge >= 0.3 is 0 Å². The normalized spacial score (nSPS) is 12.2. The van der Waals surface area contributed by atoms with Crippen LogP contribution in [0.2, 0.25) is 0 Å². The van der Waals surface area contributed by atoms with Gasteiger partial charge < -0.3 is 5.32 Å². The molecule has 0 fully saturated rings. The van der Waals surface area contributed by atoms with Crippen LogP contribution in [0.4, 0.5) is 4.39 Å². The van der Waals surface area contributed by atoms with Crippen LogP contribution in [0.1, 0.15) is 23.7 Å². The minimum absolute atomic E-state index is 0.0467. The van der Waals surface area contributed by atoms with Crippen LogP contribution in [0, 0.1) is 5.82 Å². The van der Waals surface area contributed by atoms with Crippen LogP contribution in [0.25, 0.3) is 0 Å². The van der Waals surface area contributed by atoms with Crippen LogP contribution in [-0.2, 0) is 0 Å². The third-order valence-corrected chi connectivity index (χ3v) is 2.26. The fourth-order valence-corrected chi connectivity index (χ4v) is 1.51. The highest BCUT2D eigenvalue weighted by Gasteiger charge is 2.12. The van der Waals surface area contributed by atoms with Crippen molar-refractivity contribution in [2.45, 2.75) is 19.4 Å². The lowest BCUT2D eigenvalue weighted by molar-refractivity contribution is 0.0935. The SMILES string of the molecule is CC(CCCl)NC(=O)c1ccccc1F. The van der Waals surface area contributed by atoms with Crippen LogP contribution >= 0.6 is 11.6 Å². The van der Waals surface area contributed by atoms with Gasteiger partial charge in [0.25, 0.3) is 5.91 Å². The van der Waals surface area contributed by atoms with Crippen molar-refractivity contribution >= 4 is 17.5 Å². The molecule has 0 bridgehead atoms. The molecule has 0 spiro atoms. The van der Waals surface area contributed by atoms with Gasteiger partial charge in [0.05, 0.1) is 5.56 Å². The fraction of sp³-hybridized carbons (Fsp3) is 0.364. The molecule has 82 valence electrons. The van der Waals surface area contributed by atoms with E-state index in [2.05, 4.69) is 5.32 Å². The van der Waals surface area contributed by atoms with Gasteiger partial charge in [0.15, 0.2) is 0 Å². The lowest BCUT2D eigenvalue weighted by Gasteiger charge is -2.12. The molecule has 1 aromatic carbocycles. The number of hydrogen-bond acceptors (Lipinski definition) is 1. The highest BCUT2D eigenvalue weighted by molar-refractivity contribution is 6.17. The molecule has 0 saturated heterocycles. The lowest BCUT2D eigenvalue weighted by Crippen LogP contribution is -2.33. The van der Waals surface area contributed by atoms with Crippen LogP contribution in [0.15, 0.2) is 24.3 Å². The third kappa shape index (κ3) is 3.51. The summed E-state index contributed by atoms with van der Waals surface area (Å²) in [4.78, 5) is 11.6. The Morgan fingerprint density at radius 3 is 2.80 bits per heavy atom. The zero-order valence-corrected chi connectivity index (χ0v) is 9.22. The number of alkyl halides is 1. The summed E-state index contributed by atoms with van der Waals surface area (Å²) in [7, 11) is 0. The molecule has 4 heteroatoms. The Labute approximate surface area is 93.4 Å². The highest BCUT2D eigenvalue weighted by atomic mass is 35.5. The first-order valence-electron chi connectivity index (χ1n) is 4.76. The molecule has 0 aliphatic carbocycles. The van der Waals surface area contributed by atoms with Crippen LogP contribution in [0.5, 0.6) is 0 Å². The maximum atomic E-state index is 13.2. The van der Waals surface area contributed by atoms with Gasteiger partial charge in [-0.05, 0) is 25.5 Å². The van der Waals surface area contributed by atoms with E-state index in [-0.39, 0.29) is 11.6 Å². The molecule has 0 saturated carbocycles. The molecule has 1 rings (SSSR count). The van der Waals surface area contributed by atoms with Crippen molar-refractivity contribution in [3.8, 4) is 0 Å². The van der Waals surface area contributed by atoms with Crippen LogP contribution in [0.3, 0.4) is 0 Å². The Bertz CT molecular complexity index is 343. The zero-order chi connectivity index (χ0) is 11.3. The molecule has 1 aromatic rings. The van der Waals surface area contributed by atoms with E-state index >= 15 is 0 Å². The minimum atomic E-state index is -0.506. The van der Waals surface area contributed by atoms with E-state index in [0.29, 0.717) is 12.3 Å². The van der Waals surface area contributed by atoms with Crippen LogP contribution < -0.4 is 5.32 Å². The Balaban J connectivity index is 2.65. The van der Waals surface area contributed by atoms with Crippen molar-refractivity contribution in [1.29, 1.82) is 0 Å². The number of halogens is 2. The molecule has 1 unspecified atom stereocenters. The Morgan fingerprint density at radius 2 is 2.20 bits per heavy atom. The minimum Gasteiger partial charge on any atom is -0.349 e. The first-order chi connectivity index (χ1) is 7.15. The van der Waals surface area contributed by atoms with E-state index in [1.165, 1.54) is 12.1 Å². The first-order valence-corrected chi connectivity index (χ1v) is 5.30. The number of hydrogen-bond donors (Lipinski definition) is 1. The molecular formula is C11H13ClFNO. The lowest BCUT2D eigenvalue weighted by atomic mass is 10.1. The van der Waals surface area contributed by atoms with E-state index in [4.69, 9.17) is 11.6 Å². The van der Waals surface area contributed by atoms with E-state index in [0.717, 1.165) is 0 Å². The van der Waals surface area contributed by atoms with Crippen molar-refractivity contribution in [3.05, 3.63) is 35.6 Å². The molecule has 0 aliphatic heterocycles. The van der Waals surface area contributed by atoms with Gasteiger partial charge in [-0.2, -0.15) is 0 Å². The Morgan fingerprint density at radius 1 is 1.53 bits per heavy atom. The summed E-state index contributed by atoms with van der Waals surface area (Å²) >= 11 is 5.53. The van der Waals surface area contributed by atoms with E-state index in [9.17, 15) is 9.18 Å². The Kier molecular flexibility index (Phi) is 4.56. The molecule has 15 heavy (non-hydrogen) atoms. The molecular weight excluding hydrogens is 217 g/mol. The molecule has 1 amide bonds. The quantitative estimate of drug-likeness (QED) is 0.790. The van der Waals surface area contributed by atoms with Crippen molar-refractivity contribution in [2.75, 3.05) is 5.88 Å². The van der Waals surface area contributed by atoms with Gasteiger partial charge in [-0.15, -0.1) is 11.6 Å². The van der Waals surface area contributed by atoms with Crippen molar-refractivity contribution in [3.63, 3.8) is 0 Å². The standard InChI is InChI=1S/C11H13ClFNO/c1-8(6-7-12)14-11(15)9-4-2-3-5-10(9)13/h2-5,8H,6-7H2,1H3,(H,14,15). The van der Waals surface area contributed by atoms with E-state index in [1.807, 2.05) is 6.92 Å². The van der Waals surface area contributed by atoms with E-state index < -0.39 is 11.7 Å². The highest BCUT2D eigenvalue weighted by Crippen LogP contribution is 2.06. The van der Waals surface area contributed by atoms with Crippen molar-refractivity contribution < 1.29 is 9.18 Å². The predicted octanol–water partition coefficient (Wildman–Crippen LogP) is 2.57. The maximum Gasteiger partial charge on any atom is 0.254 e. The second-order valence-electron chi connectivity index (χ2n) is 3.33. The third-order valence-electron chi connectivity index (χ3n) is 2.04. The molecule has 0 heterocycles. The van der Waals surface area contributed by atoms with Crippen molar-refractivity contribution in [2.24, 2.45) is 0 Å². The maximum absolute atomic E-state index is 13.2. The number of carbonyl (C=O) groups is 1. The fourth-order valence-electron chi connectivity index (χ4n) is 1.18. The summed E-state index contributed by atoms with van der Waals surface area (Å²) in [5, 5.41) is 2.67. The summed E-state index contributed by atoms with van der Waals surface area (Å²) < 4.78 is 13.2. The smallest absolute Gasteiger partial charge is 0.254 e. The predicted molar refractivity (Wildman–Crippen MR) is 58.7 cm³/mol. The molecule has 0 radical (unpaired) electrons. The summed E-state index contributed by atoms with van der Waals surface area (Å²) in [5.74, 6) is -0.433. The van der Waals surface area contributed by atoms with E-state index in [1.54, 1.807) is 12.1 Å². The number of nitrogens with one attached hydrogen (secondary N) is 1. The number of rotatable bonds is 4.